The van der Waals surface area contributed by atoms with Crippen molar-refractivity contribution in [3.8, 4) is 0 Å². The molecule has 0 radical (unpaired) electrons. The number of aromatic nitrogens is 2. The average Bonchev–Trinajstić information content (AvgIpc) is 3.27. The Balaban J connectivity index is 3.08. The van der Waals surface area contributed by atoms with Crippen LogP contribution in [0.4, 0.5) is 0 Å². The van der Waals surface area contributed by atoms with Gasteiger partial charge in [-0.2, -0.15) is 0 Å². The highest BCUT2D eigenvalue weighted by molar-refractivity contribution is 5.94. The molecule has 1 aromatic rings. The summed E-state index contributed by atoms with van der Waals surface area (Å²) >= 11 is 0. The van der Waals surface area contributed by atoms with Crippen molar-refractivity contribution in [2.45, 2.75) is 85.0 Å². The molecule has 7 N–H and O–H groups in total. The molecule has 0 aromatic carbocycles. The van der Waals surface area contributed by atoms with E-state index in [2.05, 4.69) is 25.9 Å². The van der Waals surface area contributed by atoms with Crippen molar-refractivity contribution >= 4 is 23.7 Å². The largest absolute Gasteiger partial charge is 0.480 e. The molecule has 11 nitrogen and oxygen atoms in total. The lowest BCUT2D eigenvalue weighted by atomic mass is 9.96. The van der Waals surface area contributed by atoms with Gasteiger partial charge in [0.25, 0.3) is 0 Å². The maximum absolute atomic E-state index is 13.2. The van der Waals surface area contributed by atoms with E-state index in [1.165, 1.54) is 12.5 Å². The first-order valence-corrected chi connectivity index (χ1v) is 11.7. The van der Waals surface area contributed by atoms with Gasteiger partial charge < -0.3 is 31.8 Å². The lowest BCUT2D eigenvalue weighted by Crippen LogP contribution is -2.59. The van der Waals surface area contributed by atoms with Crippen molar-refractivity contribution in [2.24, 2.45) is 23.5 Å². The number of hydrogen-bond donors (Lipinski definition) is 6. The molecule has 0 bridgehead atoms. The molecule has 1 rings (SSSR count). The van der Waals surface area contributed by atoms with Gasteiger partial charge in [-0.05, 0) is 24.2 Å². The predicted molar refractivity (Wildman–Crippen MR) is 127 cm³/mol. The van der Waals surface area contributed by atoms with E-state index in [1.807, 2.05) is 20.8 Å². The van der Waals surface area contributed by atoms with Crippen LogP contribution in [0.1, 0.15) is 60.1 Å². The van der Waals surface area contributed by atoms with Gasteiger partial charge in [0.1, 0.15) is 18.1 Å². The van der Waals surface area contributed by atoms with Crippen LogP contribution in [-0.2, 0) is 25.6 Å². The number of imidazole rings is 1. The number of nitrogens with two attached hydrogens (primary N) is 1. The van der Waals surface area contributed by atoms with Gasteiger partial charge in [0.2, 0.25) is 17.7 Å². The van der Waals surface area contributed by atoms with Gasteiger partial charge in [-0.1, -0.05) is 48.0 Å². The van der Waals surface area contributed by atoms with Crippen molar-refractivity contribution in [3.63, 3.8) is 0 Å². The summed E-state index contributed by atoms with van der Waals surface area (Å²) in [4.78, 5) is 57.3. The zero-order chi connectivity index (χ0) is 26.0. The molecule has 3 amide bonds. The summed E-state index contributed by atoms with van der Waals surface area (Å²) in [5, 5.41) is 17.4. The molecule has 0 aliphatic rings. The quantitative estimate of drug-likeness (QED) is 0.225. The Morgan fingerprint density at radius 2 is 1.62 bits per heavy atom. The lowest BCUT2D eigenvalue weighted by molar-refractivity contribution is -0.143. The lowest BCUT2D eigenvalue weighted by Gasteiger charge is -2.28. The fourth-order valence-electron chi connectivity index (χ4n) is 3.31. The SMILES string of the molecule is CCC(C)C(NC(=O)C(Cc1cnc[nH]1)NC(=O)C(N)C(C)C)C(=O)NC(CC(C)C)C(=O)O. The third-order valence-corrected chi connectivity index (χ3v) is 5.75. The van der Waals surface area contributed by atoms with E-state index in [0.29, 0.717) is 12.1 Å². The molecule has 11 heteroatoms. The molecule has 34 heavy (non-hydrogen) atoms. The molecular formula is C23H40N6O5. The van der Waals surface area contributed by atoms with E-state index in [1.54, 1.807) is 20.8 Å². The Morgan fingerprint density at radius 1 is 1.00 bits per heavy atom. The van der Waals surface area contributed by atoms with E-state index in [-0.39, 0.29) is 30.6 Å². The fraction of sp³-hybridized carbons (Fsp3) is 0.696. The number of nitrogens with zero attached hydrogens (tertiary/aromatic N) is 1. The second-order valence-electron chi connectivity index (χ2n) is 9.51. The first-order chi connectivity index (χ1) is 15.9. The van der Waals surface area contributed by atoms with E-state index in [9.17, 15) is 24.3 Å². The summed E-state index contributed by atoms with van der Waals surface area (Å²) in [5.74, 6) is -3.14. The highest BCUT2D eigenvalue weighted by Crippen LogP contribution is 2.12. The Labute approximate surface area is 201 Å². The van der Waals surface area contributed by atoms with Gasteiger partial charge in [-0.15, -0.1) is 0 Å². The van der Waals surface area contributed by atoms with Crippen molar-refractivity contribution in [1.29, 1.82) is 0 Å². The summed E-state index contributed by atoms with van der Waals surface area (Å²) in [5.41, 5.74) is 6.56. The summed E-state index contributed by atoms with van der Waals surface area (Å²) in [6, 6.07) is -3.87. The third-order valence-electron chi connectivity index (χ3n) is 5.75. The molecule has 5 unspecified atom stereocenters. The molecule has 0 saturated carbocycles. The van der Waals surface area contributed by atoms with Gasteiger partial charge in [-0.3, -0.25) is 14.4 Å². The molecular weight excluding hydrogens is 440 g/mol. The first-order valence-electron chi connectivity index (χ1n) is 11.7. The van der Waals surface area contributed by atoms with Gasteiger partial charge in [-0.25, -0.2) is 9.78 Å². The number of hydrogen-bond acceptors (Lipinski definition) is 6. The average molecular weight is 481 g/mol. The van der Waals surface area contributed by atoms with E-state index in [4.69, 9.17) is 5.73 Å². The van der Waals surface area contributed by atoms with Gasteiger partial charge in [0.05, 0.1) is 12.4 Å². The summed E-state index contributed by atoms with van der Waals surface area (Å²) in [7, 11) is 0. The van der Waals surface area contributed by atoms with Crippen LogP contribution in [0.15, 0.2) is 12.5 Å². The van der Waals surface area contributed by atoms with Gasteiger partial charge >= 0.3 is 5.97 Å². The van der Waals surface area contributed by atoms with Gasteiger partial charge in [0, 0.05) is 18.3 Å². The number of aromatic amines is 1. The number of carbonyl (C=O) groups is 4. The van der Waals surface area contributed by atoms with Crippen molar-refractivity contribution < 1.29 is 24.3 Å². The number of H-pyrrole nitrogens is 1. The normalized spacial score (nSPS) is 15.8. The minimum atomic E-state index is -1.14. The summed E-state index contributed by atoms with van der Waals surface area (Å²) in [6.07, 6.45) is 3.94. The second-order valence-corrected chi connectivity index (χ2v) is 9.51. The van der Waals surface area contributed by atoms with E-state index < -0.39 is 47.9 Å². The fourth-order valence-corrected chi connectivity index (χ4v) is 3.31. The van der Waals surface area contributed by atoms with E-state index in [0.717, 1.165) is 0 Å². The zero-order valence-electron chi connectivity index (χ0n) is 20.9. The van der Waals surface area contributed by atoms with Crippen LogP contribution in [0, 0.1) is 17.8 Å². The molecule has 192 valence electrons. The Hall–Kier alpha value is -2.95. The number of amides is 3. The first kappa shape index (κ1) is 29.1. The van der Waals surface area contributed by atoms with Crippen molar-refractivity contribution in [2.75, 3.05) is 0 Å². The standard InChI is InChI=1S/C23H40N6O5/c1-7-14(6)19(22(32)28-17(23(33)34)8-12(2)3)29-20(30)16(9-15-10-25-11-26-15)27-21(31)18(24)13(4)5/h10-14,16-19H,7-9,24H2,1-6H3,(H,25,26)(H,27,31)(H,28,32)(H,29,30)(H,33,34). The van der Waals surface area contributed by atoms with Crippen LogP contribution in [0.25, 0.3) is 0 Å². The molecule has 0 aliphatic carbocycles. The molecule has 1 heterocycles. The summed E-state index contributed by atoms with van der Waals surface area (Å²) < 4.78 is 0. The van der Waals surface area contributed by atoms with Crippen LogP contribution in [0.2, 0.25) is 0 Å². The highest BCUT2D eigenvalue weighted by Gasteiger charge is 2.33. The predicted octanol–water partition coefficient (Wildman–Crippen LogP) is 0.567. The number of carboxylic acids is 1. The van der Waals surface area contributed by atoms with Crippen LogP contribution in [0.5, 0.6) is 0 Å². The molecule has 1 aromatic heterocycles. The Bertz CT molecular complexity index is 811. The van der Waals surface area contributed by atoms with Crippen LogP contribution >= 0.6 is 0 Å². The molecule has 0 fully saturated rings. The number of carboxylic acid groups (broad SMARTS) is 1. The van der Waals surface area contributed by atoms with Crippen LogP contribution < -0.4 is 21.7 Å². The molecule has 0 spiro atoms. The second kappa shape index (κ2) is 13.7. The number of carbonyl (C=O) groups excluding carboxylic acids is 3. The Morgan fingerprint density at radius 3 is 2.09 bits per heavy atom. The zero-order valence-corrected chi connectivity index (χ0v) is 20.9. The van der Waals surface area contributed by atoms with Gasteiger partial charge in [0.15, 0.2) is 0 Å². The minimum absolute atomic E-state index is 0.0530. The number of aliphatic carboxylic acids is 1. The topological polar surface area (TPSA) is 179 Å². The maximum atomic E-state index is 13.2. The Kier molecular flexibility index (Phi) is 11.7. The molecule has 5 atom stereocenters. The number of rotatable bonds is 14. The highest BCUT2D eigenvalue weighted by atomic mass is 16.4. The monoisotopic (exact) mass is 480 g/mol. The minimum Gasteiger partial charge on any atom is -0.480 e. The number of nitrogens with one attached hydrogen (secondary N) is 4. The maximum Gasteiger partial charge on any atom is 0.326 e. The van der Waals surface area contributed by atoms with Crippen LogP contribution in [0.3, 0.4) is 0 Å². The third kappa shape index (κ3) is 9.12. The van der Waals surface area contributed by atoms with E-state index >= 15 is 0 Å². The van der Waals surface area contributed by atoms with Crippen molar-refractivity contribution in [1.82, 2.24) is 25.9 Å². The summed E-state index contributed by atoms with van der Waals surface area (Å²) in [6.45, 7) is 11.0. The molecule has 0 aliphatic heterocycles. The smallest absolute Gasteiger partial charge is 0.326 e. The van der Waals surface area contributed by atoms with Crippen molar-refractivity contribution in [3.05, 3.63) is 18.2 Å². The van der Waals surface area contributed by atoms with Crippen LogP contribution in [-0.4, -0.2) is 62.9 Å². The molecule has 0 saturated heterocycles.